The van der Waals surface area contributed by atoms with E-state index >= 15 is 0 Å². The number of carbonyl (C=O) groups excluding carboxylic acids is 1. The first-order chi connectivity index (χ1) is 13.1. The summed E-state index contributed by atoms with van der Waals surface area (Å²) in [5, 5.41) is 3.48. The number of aliphatic imine (C=N–C) groups is 1. The number of carbonyl (C=O) groups is 1. The van der Waals surface area contributed by atoms with Crippen LogP contribution in [0.1, 0.15) is 16.9 Å². The van der Waals surface area contributed by atoms with Gasteiger partial charge in [-0.15, -0.1) is 11.3 Å². The Morgan fingerprint density at radius 1 is 1.07 bits per heavy atom. The van der Waals surface area contributed by atoms with Crippen molar-refractivity contribution in [3.05, 3.63) is 76.8 Å². The van der Waals surface area contributed by atoms with Crippen LogP contribution in [0.2, 0.25) is 0 Å². The summed E-state index contributed by atoms with van der Waals surface area (Å²) in [5.41, 5.74) is 1.21. The van der Waals surface area contributed by atoms with E-state index in [-0.39, 0.29) is 5.97 Å². The molecule has 1 aliphatic heterocycles. The molecule has 0 unspecified atom stereocenters. The number of anilines is 1. The van der Waals surface area contributed by atoms with Gasteiger partial charge in [-0.25, -0.2) is 9.79 Å². The van der Waals surface area contributed by atoms with E-state index in [1.54, 1.807) is 11.3 Å². The lowest BCUT2D eigenvalue weighted by Crippen LogP contribution is -2.05. The second-order valence-electron chi connectivity index (χ2n) is 6.63. The molecule has 136 valence electrons. The van der Waals surface area contributed by atoms with Crippen LogP contribution in [0.3, 0.4) is 0 Å². The number of allylic oxidation sites excluding steroid dienone is 1. The van der Waals surface area contributed by atoms with E-state index in [4.69, 9.17) is 4.74 Å². The molecule has 27 heavy (non-hydrogen) atoms. The van der Waals surface area contributed by atoms with E-state index in [0.29, 0.717) is 11.6 Å². The molecule has 0 fully saturated rings. The Balaban J connectivity index is 1.48. The van der Waals surface area contributed by atoms with Crippen molar-refractivity contribution < 1.29 is 9.53 Å². The molecule has 1 aliphatic rings. The molecule has 4 nitrogen and oxygen atoms in total. The molecule has 0 saturated carbocycles. The molecule has 0 N–H and O–H groups in total. The summed E-state index contributed by atoms with van der Waals surface area (Å²) in [6.07, 6.45) is 3.51. The topological polar surface area (TPSA) is 41.9 Å². The normalized spacial score (nSPS) is 15.3. The van der Waals surface area contributed by atoms with Gasteiger partial charge in [-0.05, 0) is 47.9 Å². The number of ether oxygens (including phenoxy) is 1. The summed E-state index contributed by atoms with van der Waals surface area (Å²) < 4.78 is 5.39. The monoisotopic (exact) mass is 376 g/mol. The third kappa shape index (κ3) is 3.78. The summed E-state index contributed by atoms with van der Waals surface area (Å²) in [6.45, 7) is 0. The highest BCUT2D eigenvalue weighted by Crippen LogP contribution is 2.26. The summed E-state index contributed by atoms with van der Waals surface area (Å²) in [4.78, 5) is 20.0. The van der Waals surface area contributed by atoms with Crippen LogP contribution in [0.15, 0.2) is 71.4 Å². The molecule has 0 amide bonds. The van der Waals surface area contributed by atoms with Crippen LogP contribution < -0.4 is 4.90 Å². The van der Waals surface area contributed by atoms with Gasteiger partial charge in [-0.3, -0.25) is 0 Å². The van der Waals surface area contributed by atoms with Gasteiger partial charge >= 0.3 is 5.97 Å². The predicted molar refractivity (Wildman–Crippen MR) is 112 cm³/mol. The molecule has 0 aliphatic carbocycles. The molecule has 3 aromatic rings. The second kappa shape index (κ2) is 7.37. The Hall–Kier alpha value is -2.92. The van der Waals surface area contributed by atoms with Crippen molar-refractivity contribution in [2.75, 3.05) is 19.0 Å². The van der Waals surface area contributed by atoms with E-state index in [1.165, 1.54) is 9.88 Å². The second-order valence-corrected chi connectivity index (χ2v) is 7.78. The Kier molecular flexibility index (Phi) is 4.77. The first-order valence-corrected chi connectivity index (χ1v) is 9.68. The van der Waals surface area contributed by atoms with Crippen LogP contribution in [-0.2, 0) is 16.0 Å². The van der Waals surface area contributed by atoms with E-state index in [2.05, 4.69) is 28.1 Å². The van der Waals surface area contributed by atoms with Crippen molar-refractivity contribution in [2.24, 2.45) is 4.99 Å². The van der Waals surface area contributed by atoms with Crippen molar-refractivity contribution >= 4 is 39.0 Å². The van der Waals surface area contributed by atoms with Crippen LogP contribution in [0, 0.1) is 0 Å². The average molecular weight is 376 g/mol. The minimum Gasteiger partial charge on any atom is -0.402 e. The van der Waals surface area contributed by atoms with Gasteiger partial charge in [-0.1, -0.05) is 36.4 Å². The van der Waals surface area contributed by atoms with E-state index in [0.717, 1.165) is 29.2 Å². The number of esters is 1. The molecule has 0 atom stereocenters. The van der Waals surface area contributed by atoms with Gasteiger partial charge in [0.15, 0.2) is 0 Å². The fourth-order valence-electron chi connectivity index (χ4n) is 2.99. The third-order valence-corrected chi connectivity index (χ3v) is 5.75. The van der Waals surface area contributed by atoms with Crippen molar-refractivity contribution in [1.29, 1.82) is 0 Å². The van der Waals surface area contributed by atoms with Gasteiger partial charge in [0, 0.05) is 24.5 Å². The maximum Gasteiger partial charge on any atom is 0.363 e. The smallest absolute Gasteiger partial charge is 0.363 e. The summed E-state index contributed by atoms with van der Waals surface area (Å²) >= 11 is 1.77. The van der Waals surface area contributed by atoms with Crippen LogP contribution in [0.25, 0.3) is 10.8 Å². The molecule has 0 spiro atoms. The zero-order chi connectivity index (χ0) is 18.8. The van der Waals surface area contributed by atoms with Crippen molar-refractivity contribution in [3.8, 4) is 0 Å². The third-order valence-electron chi connectivity index (χ3n) is 4.43. The molecule has 2 aromatic carbocycles. The molecular formula is C22H20N2O2S. The van der Waals surface area contributed by atoms with Gasteiger partial charge in [0.25, 0.3) is 0 Å². The number of rotatable bonds is 5. The van der Waals surface area contributed by atoms with E-state index in [9.17, 15) is 4.79 Å². The number of benzene rings is 2. The zero-order valence-corrected chi connectivity index (χ0v) is 16.1. The average Bonchev–Trinajstić information content (AvgIpc) is 3.29. The molecular weight excluding hydrogens is 356 g/mol. The van der Waals surface area contributed by atoms with Gasteiger partial charge in [0.1, 0.15) is 5.70 Å². The number of hydrogen-bond acceptors (Lipinski definition) is 5. The largest absolute Gasteiger partial charge is 0.402 e. The van der Waals surface area contributed by atoms with Crippen molar-refractivity contribution in [2.45, 2.75) is 12.8 Å². The zero-order valence-electron chi connectivity index (χ0n) is 15.3. The Bertz CT molecular complexity index is 1060. The van der Waals surface area contributed by atoms with Gasteiger partial charge in [-0.2, -0.15) is 0 Å². The number of fused-ring (bicyclic) bond motifs is 1. The predicted octanol–water partition coefficient (Wildman–Crippen LogP) is 4.79. The highest BCUT2D eigenvalue weighted by Gasteiger charge is 2.23. The summed E-state index contributed by atoms with van der Waals surface area (Å²) in [6, 6.07) is 18.3. The number of cyclic esters (lactones) is 1. The minimum atomic E-state index is -0.377. The maximum absolute atomic E-state index is 12.1. The Morgan fingerprint density at radius 3 is 2.67 bits per heavy atom. The lowest BCUT2D eigenvalue weighted by atomic mass is 10.1. The molecule has 0 saturated heterocycles. The summed E-state index contributed by atoms with van der Waals surface area (Å²) in [7, 11) is 4.07. The van der Waals surface area contributed by atoms with Crippen molar-refractivity contribution in [1.82, 2.24) is 0 Å². The standard InChI is InChI=1S/C22H20N2O2S/c1-24(2)20-13-12-18(27-20)8-5-9-19-22(25)26-21(23-19)17-11-10-15-6-3-4-7-16(15)14-17/h3-4,6-7,9-14H,5,8H2,1-2H3/b19-9-. The highest BCUT2D eigenvalue weighted by atomic mass is 32.1. The van der Waals surface area contributed by atoms with Crippen LogP contribution >= 0.6 is 11.3 Å². The fraction of sp³-hybridized carbons (Fsp3) is 0.182. The number of aryl methyl sites for hydroxylation is 1. The van der Waals surface area contributed by atoms with Crippen molar-refractivity contribution in [3.63, 3.8) is 0 Å². The van der Waals surface area contributed by atoms with Gasteiger partial charge in [0.2, 0.25) is 5.90 Å². The summed E-state index contributed by atoms with van der Waals surface area (Å²) in [5.74, 6) is 0.00124. The first-order valence-electron chi connectivity index (χ1n) is 8.86. The molecule has 1 aromatic heterocycles. The lowest BCUT2D eigenvalue weighted by molar-refractivity contribution is -0.130. The Morgan fingerprint density at radius 2 is 1.89 bits per heavy atom. The fourth-order valence-corrected chi connectivity index (χ4v) is 3.93. The van der Waals surface area contributed by atoms with E-state index in [1.807, 2.05) is 56.6 Å². The molecule has 2 heterocycles. The maximum atomic E-state index is 12.1. The number of thiophene rings is 1. The molecule has 0 bridgehead atoms. The Labute approximate surface area is 162 Å². The first kappa shape index (κ1) is 17.5. The highest BCUT2D eigenvalue weighted by molar-refractivity contribution is 7.16. The molecule has 0 radical (unpaired) electrons. The molecule has 5 heteroatoms. The quantitative estimate of drug-likeness (QED) is 0.475. The SMILES string of the molecule is CN(C)c1ccc(CC/C=C2\N=C(c3ccc4ccccc4c3)OC2=O)s1. The van der Waals surface area contributed by atoms with E-state index < -0.39 is 0 Å². The van der Waals surface area contributed by atoms with Crippen LogP contribution in [0.4, 0.5) is 5.00 Å². The number of hydrogen-bond donors (Lipinski definition) is 0. The van der Waals surface area contributed by atoms with Gasteiger partial charge < -0.3 is 9.64 Å². The lowest BCUT2D eigenvalue weighted by Gasteiger charge is -2.07. The molecule has 4 rings (SSSR count). The van der Waals surface area contributed by atoms with Crippen LogP contribution in [0.5, 0.6) is 0 Å². The van der Waals surface area contributed by atoms with Crippen LogP contribution in [-0.4, -0.2) is 26.0 Å². The van der Waals surface area contributed by atoms with Gasteiger partial charge in [0.05, 0.1) is 5.00 Å². The minimum absolute atomic E-state index is 0.377. The number of nitrogens with zero attached hydrogens (tertiary/aromatic N) is 2.